The van der Waals surface area contributed by atoms with Crippen LogP contribution in [0, 0.1) is 5.92 Å². The van der Waals surface area contributed by atoms with Gasteiger partial charge in [0.1, 0.15) is 0 Å². The molecular weight excluding hydrogens is 515 g/mol. The van der Waals surface area contributed by atoms with Crippen molar-refractivity contribution in [1.29, 1.82) is 0 Å². The number of amides is 1. The van der Waals surface area contributed by atoms with Gasteiger partial charge in [0.25, 0.3) is 0 Å². The highest BCUT2D eigenvalue weighted by Crippen LogP contribution is 2.37. The van der Waals surface area contributed by atoms with Gasteiger partial charge in [-0.1, -0.05) is 37.6 Å². The fourth-order valence-electron chi connectivity index (χ4n) is 5.02. The van der Waals surface area contributed by atoms with Crippen LogP contribution in [0.25, 0.3) is 0 Å². The van der Waals surface area contributed by atoms with E-state index in [-0.39, 0.29) is 36.4 Å². The van der Waals surface area contributed by atoms with Gasteiger partial charge >= 0.3 is 6.18 Å². The van der Waals surface area contributed by atoms with Crippen LogP contribution in [0.2, 0.25) is 5.02 Å². The molecule has 1 N–H and O–H groups in total. The van der Waals surface area contributed by atoms with Crippen LogP contribution in [0.1, 0.15) is 44.2 Å². The maximum absolute atomic E-state index is 13.4. The molecule has 2 aromatic rings. The molecule has 11 heteroatoms. The number of sulfonamides is 1. The Balaban J connectivity index is 1.58. The van der Waals surface area contributed by atoms with Gasteiger partial charge in [0.15, 0.2) is 0 Å². The number of halogens is 4. The van der Waals surface area contributed by atoms with E-state index in [1.54, 1.807) is 11.0 Å². The molecule has 0 saturated carbocycles. The normalized spacial score (nSPS) is 21.0. The Morgan fingerprint density at radius 2 is 1.75 bits per heavy atom. The molecule has 2 heterocycles. The Kier molecular flexibility index (Phi) is 7.45. The number of carbonyl (C=O) groups is 1. The number of nitrogens with one attached hydrogen (secondary N) is 1. The molecule has 1 atom stereocenters. The second-order valence-electron chi connectivity index (χ2n) is 9.84. The van der Waals surface area contributed by atoms with E-state index in [0.717, 1.165) is 12.1 Å². The van der Waals surface area contributed by atoms with Crippen LogP contribution in [0.5, 0.6) is 0 Å². The van der Waals surface area contributed by atoms with Crippen molar-refractivity contribution >= 4 is 27.5 Å². The molecular formula is C25H29ClF3N3O3S. The van der Waals surface area contributed by atoms with E-state index < -0.39 is 33.5 Å². The Morgan fingerprint density at radius 3 is 2.33 bits per heavy atom. The molecule has 6 nitrogen and oxygen atoms in total. The molecule has 2 aromatic carbocycles. The van der Waals surface area contributed by atoms with Crippen molar-refractivity contribution < 1.29 is 26.4 Å². The van der Waals surface area contributed by atoms with Crippen molar-refractivity contribution in [1.82, 2.24) is 14.5 Å². The fourth-order valence-corrected chi connectivity index (χ4v) is 6.59. The molecule has 0 aromatic heterocycles. The van der Waals surface area contributed by atoms with E-state index in [2.05, 4.69) is 5.32 Å². The second-order valence-corrected chi connectivity index (χ2v) is 12.2. The monoisotopic (exact) mass is 543 g/mol. The molecule has 2 saturated heterocycles. The van der Waals surface area contributed by atoms with Crippen LogP contribution in [-0.2, 0) is 27.5 Å². The highest BCUT2D eigenvalue weighted by molar-refractivity contribution is 7.89. The average Bonchev–Trinajstić information content (AvgIpc) is 3.04. The number of benzene rings is 2. The predicted molar refractivity (Wildman–Crippen MR) is 131 cm³/mol. The van der Waals surface area contributed by atoms with Crippen LogP contribution in [-0.4, -0.2) is 48.3 Å². The third-order valence-electron chi connectivity index (χ3n) is 6.83. The van der Waals surface area contributed by atoms with Gasteiger partial charge < -0.3 is 4.90 Å². The lowest BCUT2D eigenvalue weighted by Crippen LogP contribution is -2.59. The zero-order chi connectivity index (χ0) is 26.3. The van der Waals surface area contributed by atoms with E-state index in [1.165, 1.54) is 34.6 Å². The van der Waals surface area contributed by atoms with E-state index in [0.29, 0.717) is 29.8 Å². The SMILES string of the molecule is CC(C)CC1NC2(CCN(S(=O)(=O)c3ccc(Cl)cc3)CC2)N(Cc2cccc(C(F)(F)F)c2)C1=O. The van der Waals surface area contributed by atoms with Crippen LogP contribution in [0.3, 0.4) is 0 Å². The summed E-state index contributed by atoms with van der Waals surface area (Å²) in [4.78, 5) is 15.2. The van der Waals surface area contributed by atoms with Gasteiger partial charge in [-0.05, 0) is 67.1 Å². The smallest absolute Gasteiger partial charge is 0.319 e. The van der Waals surface area contributed by atoms with Crippen LogP contribution >= 0.6 is 11.6 Å². The summed E-state index contributed by atoms with van der Waals surface area (Å²) in [6.45, 7) is 4.34. The summed E-state index contributed by atoms with van der Waals surface area (Å²) < 4.78 is 67.5. The Labute approximate surface area is 214 Å². The zero-order valence-corrected chi connectivity index (χ0v) is 21.6. The molecule has 0 radical (unpaired) electrons. The maximum atomic E-state index is 13.4. The summed E-state index contributed by atoms with van der Waals surface area (Å²) in [6, 6.07) is 10.5. The maximum Gasteiger partial charge on any atom is 0.416 e. The second kappa shape index (κ2) is 9.96. The van der Waals surface area contributed by atoms with Gasteiger partial charge in [0.05, 0.1) is 22.2 Å². The summed E-state index contributed by atoms with van der Waals surface area (Å²) in [6.07, 6.45) is -3.27. The van der Waals surface area contributed by atoms with Crippen molar-refractivity contribution in [3.05, 3.63) is 64.7 Å². The number of alkyl halides is 3. The van der Waals surface area contributed by atoms with Crippen LogP contribution < -0.4 is 5.32 Å². The van der Waals surface area contributed by atoms with Gasteiger partial charge in [0.2, 0.25) is 15.9 Å². The summed E-state index contributed by atoms with van der Waals surface area (Å²) >= 11 is 5.89. The molecule has 2 aliphatic heterocycles. The number of carbonyl (C=O) groups excluding carboxylic acids is 1. The number of rotatable bonds is 6. The molecule has 1 unspecified atom stereocenters. The highest BCUT2D eigenvalue weighted by atomic mass is 35.5. The van der Waals surface area contributed by atoms with Crippen molar-refractivity contribution in [3.63, 3.8) is 0 Å². The minimum absolute atomic E-state index is 0.00822. The zero-order valence-electron chi connectivity index (χ0n) is 20.1. The number of hydrogen-bond donors (Lipinski definition) is 1. The highest BCUT2D eigenvalue weighted by Gasteiger charge is 2.52. The first kappa shape index (κ1) is 26.9. The molecule has 0 aliphatic carbocycles. The molecule has 0 bridgehead atoms. The minimum Gasteiger partial charge on any atom is -0.319 e. The van der Waals surface area contributed by atoms with Gasteiger partial charge in [-0.3, -0.25) is 10.1 Å². The lowest BCUT2D eigenvalue weighted by Gasteiger charge is -2.44. The summed E-state index contributed by atoms with van der Waals surface area (Å²) in [5, 5.41) is 3.87. The standard InChI is InChI=1S/C25H29ClF3N3O3S/c1-17(2)14-22-23(33)32(16-18-4-3-5-19(15-18)25(27,28)29)24(30-22)10-12-31(13-11-24)36(34,35)21-8-6-20(26)7-9-21/h3-9,15,17,22,30H,10-14,16H2,1-2H3. The first-order valence-corrected chi connectivity index (χ1v) is 13.6. The van der Waals surface area contributed by atoms with Gasteiger partial charge in [-0.2, -0.15) is 17.5 Å². The Hall–Kier alpha value is -2.14. The Morgan fingerprint density at radius 1 is 1.11 bits per heavy atom. The van der Waals surface area contributed by atoms with Crippen molar-refractivity contribution in [2.75, 3.05) is 13.1 Å². The number of piperidine rings is 1. The molecule has 2 aliphatic rings. The van der Waals surface area contributed by atoms with E-state index in [9.17, 15) is 26.4 Å². The van der Waals surface area contributed by atoms with E-state index >= 15 is 0 Å². The average molecular weight is 544 g/mol. The van der Waals surface area contributed by atoms with Crippen LogP contribution in [0.4, 0.5) is 13.2 Å². The topological polar surface area (TPSA) is 69.7 Å². The molecule has 1 spiro atoms. The number of nitrogens with zero attached hydrogens (tertiary/aromatic N) is 2. The molecule has 36 heavy (non-hydrogen) atoms. The van der Waals surface area contributed by atoms with Gasteiger partial charge in [-0.25, -0.2) is 8.42 Å². The fraction of sp³-hybridized carbons (Fsp3) is 0.480. The first-order chi connectivity index (χ1) is 16.8. The quantitative estimate of drug-likeness (QED) is 0.563. The summed E-state index contributed by atoms with van der Waals surface area (Å²) in [5.41, 5.74) is -1.23. The van der Waals surface area contributed by atoms with Crippen molar-refractivity contribution in [2.45, 2.75) is 62.4 Å². The minimum atomic E-state index is -4.48. The van der Waals surface area contributed by atoms with E-state index in [4.69, 9.17) is 11.6 Å². The molecule has 1 amide bonds. The number of hydrogen-bond acceptors (Lipinski definition) is 4. The molecule has 2 fully saturated rings. The third kappa shape index (κ3) is 5.41. The molecule has 196 valence electrons. The van der Waals surface area contributed by atoms with Gasteiger partial charge in [-0.15, -0.1) is 0 Å². The van der Waals surface area contributed by atoms with E-state index in [1.807, 2.05) is 13.8 Å². The van der Waals surface area contributed by atoms with Crippen molar-refractivity contribution in [2.24, 2.45) is 5.92 Å². The summed E-state index contributed by atoms with van der Waals surface area (Å²) in [5.74, 6) is 0.0532. The van der Waals surface area contributed by atoms with Gasteiger partial charge in [0, 0.05) is 24.7 Å². The third-order valence-corrected chi connectivity index (χ3v) is 8.99. The lowest BCUT2D eigenvalue weighted by atomic mass is 9.96. The summed E-state index contributed by atoms with van der Waals surface area (Å²) in [7, 11) is -3.75. The largest absolute Gasteiger partial charge is 0.416 e. The van der Waals surface area contributed by atoms with Crippen LogP contribution in [0.15, 0.2) is 53.4 Å². The Bertz CT molecular complexity index is 1210. The first-order valence-electron chi connectivity index (χ1n) is 11.8. The predicted octanol–water partition coefficient (Wildman–Crippen LogP) is 4.89. The van der Waals surface area contributed by atoms with Crippen molar-refractivity contribution in [3.8, 4) is 0 Å². The lowest BCUT2D eigenvalue weighted by molar-refractivity contribution is -0.137. The molecule has 4 rings (SSSR count).